The van der Waals surface area contributed by atoms with Gasteiger partial charge in [-0.25, -0.2) is 9.97 Å². The van der Waals surface area contributed by atoms with Crippen LogP contribution in [0.3, 0.4) is 0 Å². The number of fused-ring (bicyclic) bond motifs is 1. The van der Waals surface area contributed by atoms with Gasteiger partial charge in [0.1, 0.15) is 11.6 Å². The molecule has 3 rings (SSSR count). The summed E-state index contributed by atoms with van der Waals surface area (Å²) < 4.78 is 0. The molecule has 1 fully saturated rings. The minimum atomic E-state index is 0.454. The van der Waals surface area contributed by atoms with E-state index in [0.29, 0.717) is 23.3 Å². The fraction of sp³-hybridized carbons (Fsp3) is 0.500. The van der Waals surface area contributed by atoms with Gasteiger partial charge in [0.25, 0.3) is 0 Å². The smallest absolute Gasteiger partial charge is 0.179 e. The van der Waals surface area contributed by atoms with E-state index in [1.54, 1.807) is 6.07 Å². The second kappa shape index (κ2) is 4.00. The number of aromatic nitrogens is 3. The van der Waals surface area contributed by atoms with Crippen molar-refractivity contribution < 1.29 is 0 Å². The van der Waals surface area contributed by atoms with Crippen LogP contribution in [0.5, 0.6) is 0 Å². The number of hydrogen-bond acceptors (Lipinski definition) is 4. The van der Waals surface area contributed by atoms with Crippen LogP contribution in [0.1, 0.15) is 31.0 Å². The van der Waals surface area contributed by atoms with Gasteiger partial charge in [-0.1, -0.05) is 6.42 Å². The van der Waals surface area contributed by atoms with Crippen LogP contribution in [0.25, 0.3) is 11.2 Å². The normalized spacial score (nSPS) is 24.5. The van der Waals surface area contributed by atoms with E-state index in [-0.39, 0.29) is 0 Å². The zero-order valence-electron chi connectivity index (χ0n) is 9.69. The Kier molecular flexibility index (Phi) is 2.48. The first-order valence-electron chi connectivity index (χ1n) is 6.10. The maximum Gasteiger partial charge on any atom is 0.179 e. The summed E-state index contributed by atoms with van der Waals surface area (Å²) in [7, 11) is 0. The summed E-state index contributed by atoms with van der Waals surface area (Å²) in [6.45, 7) is 0.733. The summed E-state index contributed by atoms with van der Waals surface area (Å²) in [5, 5.41) is 0. The molecule has 5 nitrogen and oxygen atoms in total. The molecule has 1 saturated carbocycles. The fourth-order valence-electron chi connectivity index (χ4n) is 2.78. The predicted octanol–water partition coefficient (Wildman–Crippen LogP) is 1.38. The van der Waals surface area contributed by atoms with Gasteiger partial charge < -0.3 is 16.5 Å². The van der Waals surface area contributed by atoms with Crippen molar-refractivity contribution in [3.05, 3.63) is 18.0 Å². The van der Waals surface area contributed by atoms with Crippen LogP contribution in [0.4, 0.5) is 5.82 Å². The molecule has 0 saturated heterocycles. The number of pyridine rings is 1. The van der Waals surface area contributed by atoms with Crippen LogP contribution < -0.4 is 11.5 Å². The number of anilines is 1. The third-order valence-corrected chi connectivity index (χ3v) is 3.70. The summed E-state index contributed by atoms with van der Waals surface area (Å²) in [4.78, 5) is 12.1. The number of hydrogen-bond donors (Lipinski definition) is 3. The first-order valence-corrected chi connectivity index (χ1v) is 6.10. The second-order valence-corrected chi connectivity index (χ2v) is 4.76. The SMILES string of the molecule is NCC1CCCC1c1nc2nc(N)ccc2[nH]1. The highest BCUT2D eigenvalue weighted by molar-refractivity contribution is 5.72. The lowest BCUT2D eigenvalue weighted by Crippen LogP contribution is -2.17. The van der Waals surface area contributed by atoms with E-state index < -0.39 is 0 Å². The highest BCUT2D eigenvalue weighted by atomic mass is 15.0. The molecule has 0 spiro atoms. The molecule has 17 heavy (non-hydrogen) atoms. The first-order chi connectivity index (χ1) is 8.28. The van der Waals surface area contributed by atoms with Gasteiger partial charge in [0, 0.05) is 5.92 Å². The van der Waals surface area contributed by atoms with E-state index >= 15 is 0 Å². The monoisotopic (exact) mass is 231 g/mol. The zero-order valence-corrected chi connectivity index (χ0v) is 9.69. The number of nitrogens with two attached hydrogens (primary N) is 2. The van der Waals surface area contributed by atoms with Gasteiger partial charge in [-0.15, -0.1) is 0 Å². The minimum absolute atomic E-state index is 0.454. The van der Waals surface area contributed by atoms with Gasteiger partial charge in [-0.05, 0) is 37.4 Å². The Bertz CT molecular complexity index is 533. The molecular formula is C12H17N5. The Balaban J connectivity index is 2.00. The molecule has 2 heterocycles. The number of nitrogens with zero attached hydrogens (tertiary/aromatic N) is 2. The molecule has 2 unspecified atom stereocenters. The molecule has 5 heteroatoms. The Morgan fingerprint density at radius 2 is 2.18 bits per heavy atom. The molecular weight excluding hydrogens is 214 g/mol. The highest BCUT2D eigenvalue weighted by Gasteiger charge is 2.29. The Morgan fingerprint density at radius 3 is 3.00 bits per heavy atom. The summed E-state index contributed by atoms with van der Waals surface area (Å²) >= 11 is 0. The summed E-state index contributed by atoms with van der Waals surface area (Å²) in [5.41, 5.74) is 13.1. The molecule has 2 aromatic rings. The van der Waals surface area contributed by atoms with Crippen molar-refractivity contribution in [2.75, 3.05) is 12.3 Å². The van der Waals surface area contributed by atoms with E-state index in [1.807, 2.05) is 6.07 Å². The maximum absolute atomic E-state index is 5.80. The van der Waals surface area contributed by atoms with E-state index in [2.05, 4.69) is 15.0 Å². The fourth-order valence-corrected chi connectivity index (χ4v) is 2.78. The molecule has 1 aliphatic carbocycles. The van der Waals surface area contributed by atoms with Crippen molar-refractivity contribution in [3.63, 3.8) is 0 Å². The van der Waals surface area contributed by atoms with Crippen molar-refractivity contribution in [2.45, 2.75) is 25.2 Å². The average Bonchev–Trinajstić information content (AvgIpc) is 2.93. The van der Waals surface area contributed by atoms with Crippen LogP contribution in [-0.2, 0) is 0 Å². The number of imidazole rings is 1. The third kappa shape index (κ3) is 1.76. The minimum Gasteiger partial charge on any atom is -0.384 e. The summed E-state index contributed by atoms with van der Waals surface area (Å²) in [5.74, 6) is 2.53. The van der Waals surface area contributed by atoms with Crippen molar-refractivity contribution in [1.82, 2.24) is 15.0 Å². The number of rotatable bonds is 2. The molecule has 2 aromatic heterocycles. The quantitative estimate of drug-likeness (QED) is 0.728. The lowest BCUT2D eigenvalue weighted by atomic mass is 9.96. The van der Waals surface area contributed by atoms with Gasteiger partial charge in [-0.2, -0.15) is 0 Å². The van der Waals surface area contributed by atoms with Gasteiger partial charge in [0.15, 0.2) is 5.65 Å². The van der Waals surface area contributed by atoms with Crippen molar-refractivity contribution in [3.8, 4) is 0 Å². The first kappa shape index (κ1) is 10.5. The largest absolute Gasteiger partial charge is 0.384 e. The molecule has 0 amide bonds. The van der Waals surface area contributed by atoms with E-state index in [4.69, 9.17) is 11.5 Å². The van der Waals surface area contributed by atoms with E-state index in [1.165, 1.54) is 12.8 Å². The van der Waals surface area contributed by atoms with Gasteiger partial charge >= 0.3 is 0 Å². The van der Waals surface area contributed by atoms with Crippen LogP contribution in [-0.4, -0.2) is 21.5 Å². The highest BCUT2D eigenvalue weighted by Crippen LogP contribution is 2.38. The molecule has 1 aliphatic rings. The third-order valence-electron chi connectivity index (χ3n) is 3.70. The molecule has 90 valence electrons. The average molecular weight is 231 g/mol. The van der Waals surface area contributed by atoms with Gasteiger partial charge in [0.2, 0.25) is 0 Å². The number of nitrogens with one attached hydrogen (secondary N) is 1. The number of H-pyrrole nitrogens is 1. The van der Waals surface area contributed by atoms with Crippen molar-refractivity contribution in [2.24, 2.45) is 11.7 Å². The van der Waals surface area contributed by atoms with Crippen molar-refractivity contribution in [1.29, 1.82) is 0 Å². The molecule has 0 bridgehead atoms. The van der Waals surface area contributed by atoms with E-state index in [9.17, 15) is 0 Å². The maximum atomic E-state index is 5.80. The summed E-state index contributed by atoms with van der Waals surface area (Å²) in [6, 6.07) is 3.72. The van der Waals surface area contributed by atoms with Crippen LogP contribution in [0.2, 0.25) is 0 Å². The number of aromatic amines is 1. The zero-order chi connectivity index (χ0) is 11.8. The van der Waals surface area contributed by atoms with Crippen LogP contribution in [0, 0.1) is 5.92 Å². The second-order valence-electron chi connectivity index (χ2n) is 4.76. The van der Waals surface area contributed by atoms with Crippen LogP contribution in [0.15, 0.2) is 12.1 Å². The standard InChI is InChI=1S/C12H17N5/c13-6-7-2-1-3-8(7)11-15-9-4-5-10(14)16-12(9)17-11/h4-5,7-8H,1-3,6,13H2,(H3,14,15,16,17). The summed E-state index contributed by atoms with van der Waals surface area (Å²) in [6.07, 6.45) is 3.60. The van der Waals surface area contributed by atoms with Crippen molar-refractivity contribution >= 4 is 17.0 Å². The lowest BCUT2D eigenvalue weighted by molar-refractivity contribution is 0.481. The molecule has 5 N–H and O–H groups in total. The molecule has 0 radical (unpaired) electrons. The predicted molar refractivity (Wildman–Crippen MR) is 67.4 cm³/mol. The van der Waals surface area contributed by atoms with E-state index in [0.717, 1.165) is 24.3 Å². The van der Waals surface area contributed by atoms with Crippen LogP contribution >= 0.6 is 0 Å². The topological polar surface area (TPSA) is 93.6 Å². The van der Waals surface area contributed by atoms with Gasteiger partial charge in [0.05, 0.1) is 5.52 Å². The number of nitrogen functional groups attached to an aromatic ring is 1. The molecule has 0 aliphatic heterocycles. The Labute approximate surface area is 99.6 Å². The van der Waals surface area contributed by atoms with Gasteiger partial charge in [-0.3, -0.25) is 0 Å². The molecule has 0 aromatic carbocycles. The Morgan fingerprint density at radius 1 is 1.29 bits per heavy atom. The lowest BCUT2D eigenvalue weighted by Gasteiger charge is -2.14. The Hall–Kier alpha value is -1.62. The molecule has 2 atom stereocenters.